The summed E-state index contributed by atoms with van der Waals surface area (Å²) in [5, 5.41) is 10.8. The van der Waals surface area contributed by atoms with Gasteiger partial charge in [0.1, 0.15) is 6.54 Å². The third-order valence-electron chi connectivity index (χ3n) is 2.91. The summed E-state index contributed by atoms with van der Waals surface area (Å²) in [6.07, 6.45) is 1.82. The molecule has 18 heavy (non-hydrogen) atoms. The van der Waals surface area contributed by atoms with Crippen LogP contribution in [0.15, 0.2) is 17.5 Å². The molecule has 0 saturated carbocycles. The highest BCUT2D eigenvalue weighted by molar-refractivity contribution is 7.09. The van der Waals surface area contributed by atoms with Gasteiger partial charge >= 0.3 is 5.97 Å². The Balaban J connectivity index is 2.55. The molecular formula is C13H19NO3S. The molecule has 0 aliphatic carbocycles. The molecular weight excluding hydrogens is 250 g/mol. The number of carboxylic acids is 1. The SMILES string of the molecule is CCC(C)N(CC(=O)O)C(=O)CCc1cccs1. The van der Waals surface area contributed by atoms with Crippen molar-refractivity contribution in [1.82, 2.24) is 4.90 Å². The molecule has 1 rings (SSSR count). The molecule has 1 unspecified atom stereocenters. The van der Waals surface area contributed by atoms with Crippen molar-refractivity contribution in [3.63, 3.8) is 0 Å². The minimum absolute atomic E-state index is 0.0306. The van der Waals surface area contributed by atoms with E-state index in [0.717, 1.165) is 11.3 Å². The number of carbonyl (C=O) groups excluding carboxylic acids is 1. The van der Waals surface area contributed by atoms with E-state index >= 15 is 0 Å². The topological polar surface area (TPSA) is 57.6 Å². The zero-order valence-corrected chi connectivity index (χ0v) is 11.6. The lowest BCUT2D eigenvalue weighted by molar-refractivity contribution is -0.146. The maximum atomic E-state index is 12.0. The lowest BCUT2D eigenvalue weighted by Crippen LogP contribution is -2.41. The van der Waals surface area contributed by atoms with Crippen molar-refractivity contribution in [3.05, 3.63) is 22.4 Å². The van der Waals surface area contributed by atoms with Crippen LogP contribution in [0.1, 0.15) is 31.6 Å². The number of aliphatic carboxylic acids is 1. The fraction of sp³-hybridized carbons (Fsp3) is 0.538. The fourth-order valence-corrected chi connectivity index (χ4v) is 2.39. The molecule has 100 valence electrons. The van der Waals surface area contributed by atoms with E-state index in [9.17, 15) is 9.59 Å². The minimum Gasteiger partial charge on any atom is -0.480 e. The lowest BCUT2D eigenvalue weighted by Gasteiger charge is -2.26. The van der Waals surface area contributed by atoms with Crippen molar-refractivity contribution < 1.29 is 14.7 Å². The van der Waals surface area contributed by atoms with Crippen LogP contribution in [0.4, 0.5) is 0 Å². The molecule has 0 aliphatic rings. The van der Waals surface area contributed by atoms with E-state index in [4.69, 9.17) is 5.11 Å². The lowest BCUT2D eigenvalue weighted by atomic mass is 10.1. The summed E-state index contributed by atoms with van der Waals surface area (Å²) in [6, 6.07) is 3.91. The van der Waals surface area contributed by atoms with Crippen LogP contribution in [-0.4, -0.2) is 34.5 Å². The van der Waals surface area contributed by atoms with Gasteiger partial charge in [0, 0.05) is 17.3 Å². The van der Waals surface area contributed by atoms with Gasteiger partial charge in [-0.2, -0.15) is 0 Å². The molecule has 0 bridgehead atoms. The minimum atomic E-state index is -0.959. The zero-order valence-electron chi connectivity index (χ0n) is 10.8. The quantitative estimate of drug-likeness (QED) is 0.827. The van der Waals surface area contributed by atoms with Gasteiger partial charge < -0.3 is 10.0 Å². The molecule has 1 aromatic heterocycles. The summed E-state index contributed by atoms with van der Waals surface area (Å²) in [5.74, 6) is -1.04. The Morgan fingerprint density at radius 3 is 2.72 bits per heavy atom. The van der Waals surface area contributed by atoms with Crippen LogP contribution in [0.3, 0.4) is 0 Å². The summed E-state index contributed by atoms with van der Waals surface area (Å²) in [4.78, 5) is 25.4. The Labute approximate surface area is 111 Å². The maximum Gasteiger partial charge on any atom is 0.323 e. The van der Waals surface area contributed by atoms with Crippen molar-refractivity contribution in [1.29, 1.82) is 0 Å². The predicted octanol–water partition coefficient (Wildman–Crippen LogP) is 2.39. The number of carboxylic acid groups (broad SMARTS) is 1. The van der Waals surface area contributed by atoms with Gasteiger partial charge in [0.25, 0.3) is 0 Å². The van der Waals surface area contributed by atoms with E-state index in [0.29, 0.717) is 12.8 Å². The average Bonchev–Trinajstić information content (AvgIpc) is 2.85. The average molecular weight is 269 g/mol. The third-order valence-corrected chi connectivity index (χ3v) is 3.85. The van der Waals surface area contributed by atoms with Crippen LogP contribution < -0.4 is 0 Å². The highest BCUT2D eigenvalue weighted by Gasteiger charge is 2.21. The summed E-state index contributed by atoms with van der Waals surface area (Å²) in [7, 11) is 0. The molecule has 5 heteroatoms. The highest BCUT2D eigenvalue weighted by atomic mass is 32.1. The second-order valence-electron chi connectivity index (χ2n) is 4.25. The number of hydrogen-bond donors (Lipinski definition) is 1. The Hall–Kier alpha value is -1.36. The van der Waals surface area contributed by atoms with Crippen LogP contribution in [0.2, 0.25) is 0 Å². The molecule has 0 spiro atoms. The van der Waals surface area contributed by atoms with Gasteiger partial charge in [-0.05, 0) is 31.2 Å². The number of thiophene rings is 1. The number of carbonyl (C=O) groups is 2. The van der Waals surface area contributed by atoms with Gasteiger partial charge in [0.05, 0.1) is 0 Å². The van der Waals surface area contributed by atoms with E-state index in [2.05, 4.69) is 0 Å². The van der Waals surface area contributed by atoms with E-state index in [1.54, 1.807) is 11.3 Å². The van der Waals surface area contributed by atoms with Crippen molar-refractivity contribution >= 4 is 23.2 Å². The molecule has 1 amide bonds. The number of rotatable bonds is 7. The Morgan fingerprint density at radius 1 is 1.50 bits per heavy atom. The molecule has 1 N–H and O–H groups in total. The van der Waals surface area contributed by atoms with Crippen molar-refractivity contribution in [2.24, 2.45) is 0 Å². The first-order valence-corrected chi connectivity index (χ1v) is 6.96. The van der Waals surface area contributed by atoms with Crippen LogP contribution >= 0.6 is 11.3 Å². The smallest absolute Gasteiger partial charge is 0.323 e. The monoisotopic (exact) mass is 269 g/mol. The van der Waals surface area contributed by atoms with Crippen molar-refractivity contribution in [2.45, 2.75) is 39.2 Å². The summed E-state index contributed by atoms with van der Waals surface area (Å²) in [6.45, 7) is 3.62. The first kappa shape index (κ1) is 14.7. The number of amides is 1. The van der Waals surface area contributed by atoms with Gasteiger partial charge in [0.2, 0.25) is 5.91 Å². The molecule has 4 nitrogen and oxygen atoms in total. The largest absolute Gasteiger partial charge is 0.480 e. The molecule has 0 aromatic carbocycles. The molecule has 1 heterocycles. The predicted molar refractivity (Wildman–Crippen MR) is 71.7 cm³/mol. The van der Waals surface area contributed by atoms with Gasteiger partial charge in [-0.1, -0.05) is 13.0 Å². The van der Waals surface area contributed by atoms with Crippen molar-refractivity contribution in [2.75, 3.05) is 6.54 Å². The summed E-state index contributed by atoms with van der Waals surface area (Å²) < 4.78 is 0. The molecule has 0 fully saturated rings. The molecule has 1 atom stereocenters. The molecule has 0 aliphatic heterocycles. The first-order chi connectivity index (χ1) is 8.54. The highest BCUT2D eigenvalue weighted by Crippen LogP contribution is 2.13. The van der Waals surface area contributed by atoms with E-state index in [1.165, 1.54) is 4.90 Å². The Morgan fingerprint density at radius 2 is 2.22 bits per heavy atom. The van der Waals surface area contributed by atoms with Gasteiger partial charge in [-0.15, -0.1) is 11.3 Å². The number of aryl methyl sites for hydroxylation is 1. The van der Waals surface area contributed by atoms with Gasteiger partial charge in [-0.3, -0.25) is 9.59 Å². The zero-order chi connectivity index (χ0) is 13.5. The summed E-state index contributed by atoms with van der Waals surface area (Å²) in [5.41, 5.74) is 0. The standard InChI is InChI=1S/C13H19NO3S/c1-3-10(2)14(9-13(16)17)12(15)7-6-11-5-4-8-18-11/h4-5,8,10H,3,6-7,9H2,1-2H3,(H,16,17). The maximum absolute atomic E-state index is 12.0. The number of nitrogens with zero attached hydrogens (tertiary/aromatic N) is 1. The van der Waals surface area contributed by atoms with Gasteiger partial charge in [0.15, 0.2) is 0 Å². The van der Waals surface area contributed by atoms with Crippen LogP contribution in [0, 0.1) is 0 Å². The fourth-order valence-electron chi connectivity index (χ4n) is 1.68. The van der Waals surface area contributed by atoms with Crippen LogP contribution in [0.5, 0.6) is 0 Å². The van der Waals surface area contributed by atoms with E-state index in [1.807, 2.05) is 31.4 Å². The van der Waals surface area contributed by atoms with Crippen LogP contribution in [-0.2, 0) is 16.0 Å². The molecule has 0 radical (unpaired) electrons. The third kappa shape index (κ3) is 4.49. The second-order valence-corrected chi connectivity index (χ2v) is 5.28. The van der Waals surface area contributed by atoms with E-state index in [-0.39, 0.29) is 18.5 Å². The Bertz CT molecular complexity index is 389. The second kappa shape index (κ2) is 7.16. The van der Waals surface area contributed by atoms with Crippen molar-refractivity contribution in [3.8, 4) is 0 Å². The van der Waals surface area contributed by atoms with Gasteiger partial charge in [-0.25, -0.2) is 0 Å². The Kier molecular flexibility index (Phi) is 5.85. The molecule has 1 aromatic rings. The van der Waals surface area contributed by atoms with Crippen LogP contribution in [0.25, 0.3) is 0 Å². The first-order valence-electron chi connectivity index (χ1n) is 6.08. The summed E-state index contributed by atoms with van der Waals surface area (Å²) >= 11 is 1.62. The number of hydrogen-bond acceptors (Lipinski definition) is 3. The van der Waals surface area contributed by atoms with E-state index < -0.39 is 5.97 Å². The normalized spacial score (nSPS) is 12.1. The molecule has 0 saturated heterocycles.